The molecule has 0 aliphatic rings. The quantitative estimate of drug-likeness (QED) is 0.188. The van der Waals surface area contributed by atoms with Crippen LogP contribution in [0.15, 0.2) is 53.3 Å². The lowest BCUT2D eigenvalue weighted by Crippen LogP contribution is -2.32. The molecule has 0 bridgehead atoms. The lowest BCUT2D eigenvalue weighted by molar-refractivity contribution is -0.139. The number of fused-ring (bicyclic) bond motifs is 2. The fourth-order valence-corrected chi connectivity index (χ4v) is 3.99. The van der Waals surface area contributed by atoms with Gasteiger partial charge in [0, 0.05) is 28.5 Å². The normalized spacial score (nSPS) is 13.0. The first-order valence-electron chi connectivity index (χ1n) is 11.3. The summed E-state index contributed by atoms with van der Waals surface area (Å²) in [4.78, 5) is 41.1. The number of benzene rings is 2. The fourth-order valence-electron chi connectivity index (χ4n) is 3.99. The Balaban J connectivity index is 1.40. The van der Waals surface area contributed by atoms with E-state index in [1.54, 1.807) is 30.3 Å². The van der Waals surface area contributed by atoms with E-state index in [1.807, 2.05) is 0 Å². The number of nitrogens with one attached hydrogen (secondary N) is 4. The predicted molar refractivity (Wildman–Crippen MR) is 132 cm³/mol. The average molecular weight is 496 g/mol. The number of anilines is 1. The molecule has 2 amide bonds. The number of H-pyrrole nitrogens is 2. The highest BCUT2D eigenvalue weighted by atomic mass is 19.1. The largest absolute Gasteiger partial charge is 0.481 e. The SMILES string of the molecule is O=C(O)CC(O)CC(O)CCNC(=O)Nc1ccc2cc(-c3cc4c(F)cccc4[nH]c3=O)[nH]c2c1. The Labute approximate surface area is 203 Å². The van der Waals surface area contributed by atoms with Gasteiger partial charge in [0.1, 0.15) is 5.82 Å². The van der Waals surface area contributed by atoms with Crippen molar-refractivity contribution >= 4 is 39.5 Å². The van der Waals surface area contributed by atoms with E-state index < -0.39 is 36.4 Å². The van der Waals surface area contributed by atoms with E-state index in [0.717, 1.165) is 5.39 Å². The Bertz CT molecular complexity index is 1480. The third kappa shape index (κ3) is 5.88. The monoisotopic (exact) mass is 496 g/mol. The fraction of sp³-hybridized carbons (Fsp3) is 0.240. The maximum atomic E-state index is 14.2. The highest BCUT2D eigenvalue weighted by molar-refractivity contribution is 5.94. The highest BCUT2D eigenvalue weighted by Gasteiger charge is 2.15. The van der Waals surface area contributed by atoms with E-state index in [2.05, 4.69) is 20.6 Å². The first-order valence-corrected chi connectivity index (χ1v) is 11.3. The number of aromatic nitrogens is 2. The van der Waals surface area contributed by atoms with Crippen molar-refractivity contribution in [1.82, 2.24) is 15.3 Å². The molecular weight excluding hydrogens is 471 g/mol. The van der Waals surface area contributed by atoms with Crippen molar-refractivity contribution in [3.63, 3.8) is 0 Å². The van der Waals surface area contributed by atoms with Crippen LogP contribution >= 0.6 is 0 Å². The van der Waals surface area contributed by atoms with Crippen LogP contribution in [0.25, 0.3) is 33.1 Å². The number of pyridine rings is 1. The van der Waals surface area contributed by atoms with Crippen LogP contribution in [0.3, 0.4) is 0 Å². The third-order valence-corrected chi connectivity index (χ3v) is 5.72. The minimum absolute atomic E-state index is 0.103. The van der Waals surface area contributed by atoms with Crippen molar-refractivity contribution < 1.29 is 29.3 Å². The molecule has 4 aromatic rings. The Morgan fingerprint density at radius 1 is 1.00 bits per heavy atom. The molecule has 0 spiro atoms. The number of amides is 2. The second-order valence-corrected chi connectivity index (χ2v) is 8.51. The molecule has 4 rings (SSSR count). The smallest absolute Gasteiger partial charge is 0.319 e. The van der Waals surface area contributed by atoms with E-state index in [9.17, 15) is 29.0 Å². The second kappa shape index (κ2) is 10.6. The molecule has 2 unspecified atom stereocenters. The van der Waals surface area contributed by atoms with Crippen LogP contribution in [-0.4, -0.2) is 56.0 Å². The molecule has 7 N–H and O–H groups in total. The molecule has 0 aliphatic carbocycles. The zero-order chi connectivity index (χ0) is 25.8. The molecule has 2 heterocycles. The highest BCUT2D eigenvalue weighted by Crippen LogP contribution is 2.26. The number of aliphatic hydroxyl groups excluding tert-OH is 2. The summed E-state index contributed by atoms with van der Waals surface area (Å²) in [6.45, 7) is 0.114. The zero-order valence-electron chi connectivity index (χ0n) is 19.0. The average Bonchev–Trinajstić information content (AvgIpc) is 3.21. The van der Waals surface area contributed by atoms with E-state index in [1.165, 1.54) is 18.2 Å². The van der Waals surface area contributed by atoms with Crippen LogP contribution in [0.4, 0.5) is 14.9 Å². The van der Waals surface area contributed by atoms with Crippen LogP contribution < -0.4 is 16.2 Å². The van der Waals surface area contributed by atoms with Gasteiger partial charge in [-0.1, -0.05) is 12.1 Å². The number of urea groups is 1. The van der Waals surface area contributed by atoms with Gasteiger partial charge in [-0.15, -0.1) is 0 Å². The molecule has 0 radical (unpaired) electrons. The Kier molecular flexibility index (Phi) is 7.32. The van der Waals surface area contributed by atoms with Crippen molar-refractivity contribution in [2.24, 2.45) is 0 Å². The van der Waals surface area contributed by atoms with Crippen LogP contribution in [0.1, 0.15) is 19.3 Å². The molecule has 0 saturated carbocycles. The van der Waals surface area contributed by atoms with Gasteiger partial charge in [-0.25, -0.2) is 9.18 Å². The van der Waals surface area contributed by atoms with Crippen LogP contribution in [0, 0.1) is 5.82 Å². The van der Waals surface area contributed by atoms with Gasteiger partial charge >= 0.3 is 12.0 Å². The molecule has 2 aromatic heterocycles. The number of aliphatic carboxylic acids is 1. The predicted octanol–water partition coefficient (Wildman–Crippen LogP) is 2.91. The van der Waals surface area contributed by atoms with E-state index >= 15 is 0 Å². The molecule has 0 fully saturated rings. The standard InChI is InChI=1S/C25H25FN4O6/c26-19-2-1-3-20-17(19)12-18(24(35)30-20)22-8-13-4-5-14(9-21(13)29-22)28-25(36)27-7-6-15(31)10-16(32)11-23(33)34/h1-5,8-9,12,15-16,29,31-32H,6-7,10-11H2,(H,30,35)(H,33,34)(H2,27,28,36). The van der Waals surface area contributed by atoms with E-state index in [0.29, 0.717) is 27.8 Å². The summed E-state index contributed by atoms with van der Waals surface area (Å²) >= 11 is 0. The molecular formula is C25H25FN4O6. The zero-order valence-corrected chi connectivity index (χ0v) is 19.0. The Morgan fingerprint density at radius 2 is 1.81 bits per heavy atom. The Morgan fingerprint density at radius 3 is 2.58 bits per heavy atom. The second-order valence-electron chi connectivity index (χ2n) is 8.51. The van der Waals surface area contributed by atoms with Gasteiger partial charge in [-0.05, 0) is 49.2 Å². The topological polar surface area (TPSA) is 168 Å². The summed E-state index contributed by atoms with van der Waals surface area (Å²) in [7, 11) is 0. The summed E-state index contributed by atoms with van der Waals surface area (Å²) in [5, 5.41) is 34.4. The Hall–Kier alpha value is -4.22. The lowest BCUT2D eigenvalue weighted by Gasteiger charge is -2.14. The summed E-state index contributed by atoms with van der Waals surface area (Å²) in [6, 6.07) is 12.3. The van der Waals surface area contributed by atoms with Crippen molar-refractivity contribution in [1.29, 1.82) is 0 Å². The number of aromatic amines is 2. The van der Waals surface area contributed by atoms with Crippen molar-refractivity contribution in [3.8, 4) is 11.3 Å². The van der Waals surface area contributed by atoms with Gasteiger partial charge in [-0.2, -0.15) is 0 Å². The minimum Gasteiger partial charge on any atom is -0.481 e. The first kappa shape index (κ1) is 24.9. The number of carbonyl (C=O) groups excluding carboxylic acids is 1. The summed E-state index contributed by atoms with van der Waals surface area (Å²) in [5.41, 5.74) is 1.94. The number of hydrogen-bond acceptors (Lipinski definition) is 5. The number of rotatable bonds is 9. The molecule has 11 heteroatoms. The van der Waals surface area contributed by atoms with Gasteiger partial charge in [0.25, 0.3) is 5.56 Å². The van der Waals surface area contributed by atoms with Gasteiger partial charge < -0.3 is 35.9 Å². The van der Waals surface area contributed by atoms with Crippen LogP contribution in [-0.2, 0) is 4.79 Å². The number of aliphatic hydroxyl groups is 2. The molecule has 10 nitrogen and oxygen atoms in total. The van der Waals surface area contributed by atoms with Crippen molar-refractivity contribution in [2.45, 2.75) is 31.5 Å². The van der Waals surface area contributed by atoms with Gasteiger partial charge in [0.15, 0.2) is 0 Å². The molecule has 0 aliphatic heterocycles. The number of hydrogen-bond donors (Lipinski definition) is 7. The number of carboxylic acid groups (broad SMARTS) is 1. The lowest BCUT2D eigenvalue weighted by atomic mass is 10.1. The summed E-state index contributed by atoms with van der Waals surface area (Å²) in [6.07, 6.45) is -2.54. The first-order chi connectivity index (χ1) is 17.2. The summed E-state index contributed by atoms with van der Waals surface area (Å²) in [5.74, 6) is -1.60. The molecule has 2 atom stereocenters. The molecule has 2 aromatic carbocycles. The third-order valence-electron chi connectivity index (χ3n) is 5.72. The number of carbonyl (C=O) groups is 2. The van der Waals surface area contributed by atoms with Gasteiger partial charge in [0.2, 0.25) is 0 Å². The number of halogens is 1. The van der Waals surface area contributed by atoms with Crippen LogP contribution in [0.2, 0.25) is 0 Å². The van der Waals surface area contributed by atoms with Gasteiger partial charge in [-0.3, -0.25) is 9.59 Å². The van der Waals surface area contributed by atoms with Gasteiger partial charge in [0.05, 0.1) is 35.4 Å². The van der Waals surface area contributed by atoms with Crippen molar-refractivity contribution in [3.05, 3.63) is 64.7 Å². The maximum absolute atomic E-state index is 14.2. The molecule has 36 heavy (non-hydrogen) atoms. The van der Waals surface area contributed by atoms with E-state index in [4.69, 9.17) is 5.11 Å². The summed E-state index contributed by atoms with van der Waals surface area (Å²) < 4.78 is 14.2. The van der Waals surface area contributed by atoms with Crippen LogP contribution in [0.5, 0.6) is 0 Å². The van der Waals surface area contributed by atoms with Crippen molar-refractivity contribution in [2.75, 3.05) is 11.9 Å². The number of carboxylic acids is 1. The molecule has 188 valence electrons. The minimum atomic E-state index is -1.16. The molecule has 0 saturated heterocycles. The van der Waals surface area contributed by atoms with E-state index in [-0.39, 0.29) is 30.5 Å². The maximum Gasteiger partial charge on any atom is 0.319 e.